The quantitative estimate of drug-likeness (QED) is 0.774. The Balaban J connectivity index is 1.74. The van der Waals surface area contributed by atoms with Crippen molar-refractivity contribution in [3.8, 4) is 0 Å². The molecule has 0 aromatic heterocycles. The second kappa shape index (κ2) is 6.07. The van der Waals surface area contributed by atoms with Crippen molar-refractivity contribution in [2.24, 2.45) is 5.92 Å². The van der Waals surface area contributed by atoms with Crippen LogP contribution in [0, 0.1) is 5.92 Å². The number of benzene rings is 1. The molecule has 3 rings (SSSR count). The van der Waals surface area contributed by atoms with E-state index in [0.29, 0.717) is 23.4 Å². The monoisotopic (exact) mass is 308 g/mol. The van der Waals surface area contributed by atoms with Crippen molar-refractivity contribution in [3.63, 3.8) is 0 Å². The molecule has 0 bridgehead atoms. The molecule has 2 aliphatic rings. The second-order valence-corrected chi connectivity index (χ2v) is 8.00. The highest BCUT2D eigenvalue weighted by molar-refractivity contribution is 7.89. The van der Waals surface area contributed by atoms with E-state index in [9.17, 15) is 8.42 Å². The lowest BCUT2D eigenvalue weighted by molar-refractivity contribution is 0.577. The van der Waals surface area contributed by atoms with Crippen LogP contribution in [0.2, 0.25) is 0 Å². The Hall–Kier alpha value is -0.910. The molecular weight excluding hydrogens is 284 g/mol. The predicted molar refractivity (Wildman–Crippen MR) is 83.6 cm³/mol. The van der Waals surface area contributed by atoms with Crippen molar-refractivity contribution < 1.29 is 8.42 Å². The van der Waals surface area contributed by atoms with Gasteiger partial charge in [0.1, 0.15) is 0 Å². The van der Waals surface area contributed by atoms with Crippen molar-refractivity contribution in [3.05, 3.63) is 29.3 Å². The Kier molecular flexibility index (Phi) is 4.33. The first kappa shape index (κ1) is 15.0. The molecule has 0 spiro atoms. The summed E-state index contributed by atoms with van der Waals surface area (Å²) < 4.78 is 27.4. The summed E-state index contributed by atoms with van der Waals surface area (Å²) in [5, 5.41) is 3.47. The lowest BCUT2D eigenvalue weighted by Crippen LogP contribution is -2.26. The van der Waals surface area contributed by atoms with Gasteiger partial charge in [-0.15, -0.1) is 0 Å². The molecule has 2 fully saturated rings. The summed E-state index contributed by atoms with van der Waals surface area (Å²) >= 11 is 0. The minimum atomic E-state index is -3.36. The van der Waals surface area contributed by atoms with Gasteiger partial charge in [0.05, 0.1) is 4.90 Å². The SMILES string of the molecule is CCc1ccc(S(=O)(=O)NCC2CC2)cc1CNC1CC1. The van der Waals surface area contributed by atoms with E-state index in [0.717, 1.165) is 31.4 Å². The molecule has 2 aliphatic carbocycles. The van der Waals surface area contributed by atoms with E-state index >= 15 is 0 Å². The van der Waals surface area contributed by atoms with E-state index in [1.54, 1.807) is 6.07 Å². The van der Waals surface area contributed by atoms with Crippen LogP contribution in [0.25, 0.3) is 0 Å². The van der Waals surface area contributed by atoms with Crippen LogP contribution in [0.3, 0.4) is 0 Å². The van der Waals surface area contributed by atoms with Crippen LogP contribution in [0.15, 0.2) is 23.1 Å². The minimum Gasteiger partial charge on any atom is -0.310 e. The number of aryl methyl sites for hydroxylation is 1. The molecular formula is C16H24N2O2S. The standard InChI is InChI=1S/C16H24N2O2S/c1-2-13-5-8-16(9-14(13)11-17-15-6-7-15)21(19,20)18-10-12-3-4-12/h5,8-9,12,15,17-18H,2-4,6-7,10-11H2,1H3. The summed E-state index contributed by atoms with van der Waals surface area (Å²) in [6, 6.07) is 6.15. The molecule has 0 amide bonds. The third kappa shape index (κ3) is 4.05. The first-order valence-electron chi connectivity index (χ1n) is 7.93. The summed E-state index contributed by atoms with van der Waals surface area (Å²) in [4.78, 5) is 0.396. The van der Waals surface area contributed by atoms with E-state index in [2.05, 4.69) is 17.0 Å². The number of hydrogen-bond acceptors (Lipinski definition) is 3. The molecule has 116 valence electrons. The lowest BCUT2D eigenvalue weighted by Gasteiger charge is -2.12. The molecule has 1 aromatic rings. The first-order chi connectivity index (χ1) is 10.1. The fourth-order valence-electron chi connectivity index (χ4n) is 2.45. The number of rotatable bonds is 8. The van der Waals surface area contributed by atoms with E-state index in [4.69, 9.17) is 0 Å². The van der Waals surface area contributed by atoms with E-state index in [-0.39, 0.29) is 0 Å². The maximum Gasteiger partial charge on any atom is 0.240 e. The Bertz CT molecular complexity index is 605. The highest BCUT2D eigenvalue weighted by atomic mass is 32.2. The van der Waals surface area contributed by atoms with Crippen LogP contribution < -0.4 is 10.0 Å². The summed E-state index contributed by atoms with van der Waals surface area (Å²) in [6.45, 7) is 3.45. The molecule has 0 heterocycles. The highest BCUT2D eigenvalue weighted by Gasteiger charge is 2.25. The van der Waals surface area contributed by atoms with Gasteiger partial charge >= 0.3 is 0 Å². The van der Waals surface area contributed by atoms with Gasteiger partial charge < -0.3 is 5.32 Å². The fraction of sp³-hybridized carbons (Fsp3) is 0.625. The van der Waals surface area contributed by atoms with Gasteiger partial charge in [-0.1, -0.05) is 13.0 Å². The van der Waals surface area contributed by atoms with Gasteiger partial charge in [0.15, 0.2) is 0 Å². The Morgan fingerprint density at radius 3 is 2.52 bits per heavy atom. The average molecular weight is 308 g/mol. The van der Waals surface area contributed by atoms with Gasteiger partial charge in [0.25, 0.3) is 0 Å². The topological polar surface area (TPSA) is 58.2 Å². The fourth-order valence-corrected chi connectivity index (χ4v) is 3.62. The van der Waals surface area contributed by atoms with E-state index < -0.39 is 10.0 Å². The van der Waals surface area contributed by atoms with Crippen LogP contribution >= 0.6 is 0 Å². The zero-order valence-corrected chi connectivity index (χ0v) is 13.4. The third-order valence-corrected chi connectivity index (χ3v) is 5.71. The molecule has 0 unspecified atom stereocenters. The number of hydrogen-bond donors (Lipinski definition) is 2. The largest absolute Gasteiger partial charge is 0.310 e. The van der Waals surface area contributed by atoms with Crippen molar-refractivity contribution in [1.82, 2.24) is 10.0 Å². The summed E-state index contributed by atoms with van der Waals surface area (Å²) in [6.07, 6.45) is 5.70. The van der Waals surface area contributed by atoms with Crippen LogP contribution in [0.1, 0.15) is 43.7 Å². The summed E-state index contributed by atoms with van der Waals surface area (Å²) in [7, 11) is -3.36. The highest BCUT2D eigenvalue weighted by Crippen LogP contribution is 2.28. The lowest BCUT2D eigenvalue weighted by atomic mass is 10.1. The molecule has 5 heteroatoms. The van der Waals surface area contributed by atoms with E-state index in [1.165, 1.54) is 18.4 Å². The Morgan fingerprint density at radius 2 is 1.90 bits per heavy atom. The van der Waals surface area contributed by atoms with Crippen molar-refractivity contribution in [2.45, 2.75) is 56.5 Å². The van der Waals surface area contributed by atoms with Gasteiger partial charge in [-0.05, 0) is 61.3 Å². The van der Waals surface area contributed by atoms with Crippen LogP contribution in [0.4, 0.5) is 0 Å². The van der Waals surface area contributed by atoms with Crippen molar-refractivity contribution >= 4 is 10.0 Å². The predicted octanol–water partition coefficient (Wildman–Crippen LogP) is 2.19. The van der Waals surface area contributed by atoms with Gasteiger partial charge in [-0.2, -0.15) is 0 Å². The number of nitrogens with one attached hydrogen (secondary N) is 2. The first-order valence-corrected chi connectivity index (χ1v) is 9.41. The maximum atomic E-state index is 12.3. The average Bonchev–Trinajstić information content (AvgIpc) is 3.37. The van der Waals surface area contributed by atoms with Crippen LogP contribution in [-0.4, -0.2) is 21.0 Å². The van der Waals surface area contributed by atoms with Gasteiger partial charge in [0.2, 0.25) is 10.0 Å². The molecule has 0 saturated heterocycles. The Labute approximate surface area is 127 Å². The maximum absolute atomic E-state index is 12.3. The molecule has 1 aromatic carbocycles. The smallest absolute Gasteiger partial charge is 0.240 e. The van der Waals surface area contributed by atoms with Crippen LogP contribution in [0.5, 0.6) is 0 Å². The summed E-state index contributed by atoms with van der Waals surface area (Å²) in [5.41, 5.74) is 2.34. The number of sulfonamides is 1. The van der Waals surface area contributed by atoms with Crippen molar-refractivity contribution in [2.75, 3.05) is 6.54 Å². The molecule has 0 atom stereocenters. The normalized spacial score (nSPS) is 18.9. The van der Waals surface area contributed by atoms with Crippen molar-refractivity contribution in [1.29, 1.82) is 0 Å². The van der Waals surface area contributed by atoms with Gasteiger partial charge in [-0.3, -0.25) is 0 Å². The molecule has 0 radical (unpaired) electrons. The zero-order valence-electron chi connectivity index (χ0n) is 12.6. The van der Waals surface area contributed by atoms with Crippen LogP contribution in [-0.2, 0) is 23.0 Å². The van der Waals surface area contributed by atoms with Gasteiger partial charge in [0, 0.05) is 19.1 Å². The second-order valence-electron chi connectivity index (χ2n) is 6.23. The summed E-state index contributed by atoms with van der Waals surface area (Å²) in [5.74, 6) is 0.547. The minimum absolute atomic E-state index is 0.396. The molecule has 0 aliphatic heterocycles. The Morgan fingerprint density at radius 1 is 1.14 bits per heavy atom. The molecule has 2 N–H and O–H groups in total. The molecule has 2 saturated carbocycles. The van der Waals surface area contributed by atoms with Gasteiger partial charge in [-0.25, -0.2) is 13.1 Å². The van der Waals surface area contributed by atoms with E-state index in [1.807, 2.05) is 12.1 Å². The third-order valence-electron chi connectivity index (χ3n) is 4.29. The molecule has 21 heavy (non-hydrogen) atoms. The zero-order chi connectivity index (χ0) is 14.9. The molecule has 4 nitrogen and oxygen atoms in total.